The first kappa shape index (κ1) is 15.4. The van der Waals surface area contributed by atoms with Crippen molar-refractivity contribution in [2.45, 2.75) is 6.10 Å². The van der Waals surface area contributed by atoms with Crippen LogP contribution in [0.5, 0.6) is 0 Å². The van der Waals surface area contributed by atoms with Crippen LogP contribution < -0.4 is 5.32 Å². The number of carbonyl (C=O) groups excluding carboxylic acids is 1. The van der Waals surface area contributed by atoms with Crippen LogP contribution in [-0.2, 0) is 9.47 Å². The molecule has 0 saturated carbocycles. The number of hydrogen-bond acceptors (Lipinski definition) is 4. The molecule has 1 heterocycles. The van der Waals surface area contributed by atoms with E-state index in [4.69, 9.17) is 21.1 Å². The van der Waals surface area contributed by atoms with Crippen molar-refractivity contribution in [3.63, 3.8) is 0 Å². The summed E-state index contributed by atoms with van der Waals surface area (Å²) in [4.78, 5) is 15.8. The Hall–Kier alpha value is -0.690. The number of carbonyl (C=O) groups is 1. The van der Waals surface area contributed by atoms with Gasteiger partial charge in [-0.1, -0.05) is 11.6 Å². The maximum atomic E-state index is 11.9. The summed E-state index contributed by atoms with van der Waals surface area (Å²) in [5.74, 6) is -0.299. The molecule has 0 bridgehead atoms. The van der Waals surface area contributed by atoms with Gasteiger partial charge in [0.15, 0.2) is 0 Å². The highest BCUT2D eigenvalue weighted by Crippen LogP contribution is 2.17. The zero-order valence-electron chi connectivity index (χ0n) is 10.1. The molecular formula is C11H14BrClN2O3. The van der Waals surface area contributed by atoms with Gasteiger partial charge in [-0.15, -0.1) is 0 Å². The summed E-state index contributed by atoms with van der Waals surface area (Å²) < 4.78 is 10.8. The second-order valence-corrected chi connectivity index (χ2v) is 4.79. The van der Waals surface area contributed by atoms with Crippen molar-refractivity contribution in [3.05, 3.63) is 27.5 Å². The Morgan fingerprint density at radius 3 is 2.94 bits per heavy atom. The molecule has 5 nitrogen and oxygen atoms in total. The van der Waals surface area contributed by atoms with Crippen LogP contribution in [0.3, 0.4) is 0 Å². The molecule has 18 heavy (non-hydrogen) atoms. The first-order valence-corrected chi connectivity index (χ1v) is 6.36. The van der Waals surface area contributed by atoms with Crippen LogP contribution >= 0.6 is 27.5 Å². The summed E-state index contributed by atoms with van der Waals surface area (Å²) in [5, 5.41) is 2.88. The average Bonchev–Trinajstić information content (AvgIpc) is 2.37. The number of nitrogens with zero attached hydrogens (tertiary/aromatic N) is 1. The van der Waals surface area contributed by atoms with Crippen LogP contribution in [0.4, 0.5) is 0 Å². The van der Waals surface area contributed by atoms with Gasteiger partial charge in [0.05, 0.1) is 18.3 Å². The number of ether oxygens (including phenoxy) is 2. The van der Waals surface area contributed by atoms with Gasteiger partial charge in [-0.05, 0) is 22.0 Å². The van der Waals surface area contributed by atoms with E-state index in [0.717, 1.165) is 0 Å². The Morgan fingerprint density at radius 1 is 1.61 bits per heavy atom. The molecule has 0 aromatic carbocycles. The van der Waals surface area contributed by atoms with Gasteiger partial charge in [0.25, 0.3) is 5.91 Å². The number of halogens is 2. The molecule has 1 aromatic heterocycles. The van der Waals surface area contributed by atoms with Gasteiger partial charge in [-0.2, -0.15) is 0 Å². The topological polar surface area (TPSA) is 60.5 Å². The van der Waals surface area contributed by atoms with Gasteiger partial charge in [-0.3, -0.25) is 4.79 Å². The van der Waals surface area contributed by atoms with Crippen LogP contribution in [0.2, 0.25) is 5.15 Å². The van der Waals surface area contributed by atoms with Crippen LogP contribution in [-0.4, -0.2) is 44.4 Å². The van der Waals surface area contributed by atoms with Crippen molar-refractivity contribution in [1.29, 1.82) is 0 Å². The lowest BCUT2D eigenvalue weighted by atomic mass is 10.2. The fourth-order valence-corrected chi connectivity index (χ4v) is 1.80. The number of pyridine rings is 1. The molecule has 0 aliphatic rings. The second-order valence-electron chi connectivity index (χ2n) is 3.51. The molecular weight excluding hydrogens is 323 g/mol. The third-order valence-electron chi connectivity index (χ3n) is 2.23. The standard InChI is InChI=1S/C11H14BrClN2O3/c1-17-6-8(18-2)5-15-11(16)9-3-7(12)4-14-10(9)13/h3-4,8H,5-6H2,1-2H3,(H,15,16). The summed E-state index contributed by atoms with van der Waals surface area (Å²) in [6, 6.07) is 1.61. The van der Waals surface area contributed by atoms with Crippen molar-refractivity contribution >= 4 is 33.4 Å². The summed E-state index contributed by atoms with van der Waals surface area (Å²) in [5.41, 5.74) is 0.318. The number of rotatable bonds is 6. The van der Waals surface area contributed by atoms with Gasteiger partial charge in [-0.25, -0.2) is 4.98 Å². The van der Waals surface area contributed by atoms with E-state index in [1.165, 1.54) is 6.20 Å². The fraction of sp³-hybridized carbons (Fsp3) is 0.455. The Labute approximate surface area is 119 Å². The van der Waals surface area contributed by atoms with Gasteiger partial charge < -0.3 is 14.8 Å². The minimum Gasteiger partial charge on any atom is -0.382 e. The zero-order valence-corrected chi connectivity index (χ0v) is 12.4. The molecule has 0 spiro atoms. The molecule has 1 atom stereocenters. The predicted octanol–water partition coefficient (Wildman–Crippen LogP) is 1.89. The van der Waals surface area contributed by atoms with Crippen molar-refractivity contribution in [3.8, 4) is 0 Å². The molecule has 100 valence electrons. The maximum absolute atomic E-state index is 11.9. The highest BCUT2D eigenvalue weighted by Gasteiger charge is 2.14. The zero-order chi connectivity index (χ0) is 13.5. The lowest BCUT2D eigenvalue weighted by Gasteiger charge is -2.15. The Kier molecular flexibility index (Phi) is 6.56. The van der Waals surface area contributed by atoms with Crippen LogP contribution in [0.25, 0.3) is 0 Å². The molecule has 0 aliphatic heterocycles. The molecule has 7 heteroatoms. The number of hydrogen-bond donors (Lipinski definition) is 1. The highest BCUT2D eigenvalue weighted by atomic mass is 79.9. The van der Waals surface area contributed by atoms with E-state index in [9.17, 15) is 4.79 Å². The number of aromatic nitrogens is 1. The third-order valence-corrected chi connectivity index (χ3v) is 2.96. The molecule has 0 radical (unpaired) electrons. The first-order chi connectivity index (χ1) is 8.58. The SMILES string of the molecule is COCC(CNC(=O)c1cc(Br)cnc1Cl)OC. The Balaban J connectivity index is 2.62. The lowest BCUT2D eigenvalue weighted by Crippen LogP contribution is -2.35. The van der Waals surface area contributed by atoms with Crippen molar-refractivity contribution in [1.82, 2.24) is 10.3 Å². The molecule has 0 saturated heterocycles. The quantitative estimate of drug-likeness (QED) is 0.805. The molecule has 0 fully saturated rings. The summed E-state index contributed by atoms with van der Waals surface area (Å²) in [7, 11) is 3.13. The van der Waals surface area contributed by atoms with Gasteiger partial charge in [0.1, 0.15) is 5.15 Å². The summed E-state index contributed by atoms with van der Waals surface area (Å²) in [6.07, 6.45) is 1.33. The molecule has 1 amide bonds. The Bertz CT molecular complexity index is 417. The normalized spacial score (nSPS) is 12.2. The molecule has 1 aromatic rings. The van der Waals surface area contributed by atoms with E-state index in [0.29, 0.717) is 23.2 Å². The van der Waals surface area contributed by atoms with E-state index < -0.39 is 0 Å². The van der Waals surface area contributed by atoms with E-state index in [2.05, 4.69) is 26.2 Å². The fourth-order valence-electron chi connectivity index (χ4n) is 1.28. The predicted molar refractivity (Wildman–Crippen MR) is 72.0 cm³/mol. The number of amides is 1. The number of methoxy groups -OCH3 is 2. The highest BCUT2D eigenvalue weighted by molar-refractivity contribution is 9.10. The summed E-state index contributed by atoms with van der Waals surface area (Å²) >= 11 is 9.09. The monoisotopic (exact) mass is 336 g/mol. The van der Waals surface area contributed by atoms with Crippen molar-refractivity contribution < 1.29 is 14.3 Å². The number of nitrogens with one attached hydrogen (secondary N) is 1. The molecule has 0 aliphatic carbocycles. The van der Waals surface area contributed by atoms with Gasteiger partial charge in [0.2, 0.25) is 0 Å². The van der Waals surface area contributed by atoms with Gasteiger partial charge in [0, 0.05) is 31.4 Å². The van der Waals surface area contributed by atoms with Crippen LogP contribution in [0.15, 0.2) is 16.7 Å². The van der Waals surface area contributed by atoms with Crippen LogP contribution in [0.1, 0.15) is 10.4 Å². The Morgan fingerprint density at radius 2 is 2.33 bits per heavy atom. The smallest absolute Gasteiger partial charge is 0.254 e. The molecule has 1 unspecified atom stereocenters. The van der Waals surface area contributed by atoms with E-state index >= 15 is 0 Å². The van der Waals surface area contributed by atoms with E-state index in [1.807, 2.05) is 0 Å². The van der Waals surface area contributed by atoms with Gasteiger partial charge >= 0.3 is 0 Å². The van der Waals surface area contributed by atoms with E-state index in [-0.39, 0.29) is 17.2 Å². The van der Waals surface area contributed by atoms with E-state index in [1.54, 1.807) is 20.3 Å². The summed E-state index contributed by atoms with van der Waals surface area (Å²) in [6.45, 7) is 0.743. The average molecular weight is 338 g/mol. The maximum Gasteiger partial charge on any atom is 0.254 e. The second kappa shape index (κ2) is 7.68. The van der Waals surface area contributed by atoms with Crippen molar-refractivity contribution in [2.75, 3.05) is 27.4 Å². The minimum atomic E-state index is -0.299. The molecule has 1 N–H and O–H groups in total. The van der Waals surface area contributed by atoms with Crippen molar-refractivity contribution in [2.24, 2.45) is 0 Å². The molecule has 1 rings (SSSR count). The largest absolute Gasteiger partial charge is 0.382 e. The third kappa shape index (κ3) is 4.53. The first-order valence-electron chi connectivity index (χ1n) is 5.19. The van der Waals surface area contributed by atoms with Crippen LogP contribution in [0, 0.1) is 0 Å². The minimum absolute atomic E-state index is 0.163. The lowest BCUT2D eigenvalue weighted by molar-refractivity contribution is 0.0285.